The van der Waals surface area contributed by atoms with Gasteiger partial charge in [-0.3, -0.25) is 19.4 Å². The van der Waals surface area contributed by atoms with Gasteiger partial charge in [-0.25, -0.2) is 0 Å². The first-order valence-electron chi connectivity index (χ1n) is 15.8. The molecule has 3 fully saturated rings. The number of benzene rings is 4. The number of hydrogen-bond donors (Lipinski definition) is 0. The van der Waals surface area contributed by atoms with Crippen molar-refractivity contribution in [3.05, 3.63) is 125 Å². The molecule has 6 nitrogen and oxygen atoms in total. The molecule has 0 radical (unpaired) electrons. The van der Waals surface area contributed by atoms with Crippen molar-refractivity contribution < 1.29 is 19.1 Å². The molecular formula is C39H36N2O4S. The third-order valence-corrected chi connectivity index (χ3v) is 11.7. The van der Waals surface area contributed by atoms with E-state index < -0.39 is 11.0 Å². The molecule has 0 N–H and O–H groups in total. The molecule has 4 aromatic carbocycles. The van der Waals surface area contributed by atoms with Gasteiger partial charge in [-0.05, 0) is 57.8 Å². The highest BCUT2D eigenvalue weighted by atomic mass is 32.2. The van der Waals surface area contributed by atoms with E-state index in [0.29, 0.717) is 36.6 Å². The largest absolute Gasteiger partial charge is 0.497 e. The van der Waals surface area contributed by atoms with Crippen LogP contribution in [0, 0.1) is 5.41 Å². The number of fused-ring (bicyclic) bond motifs is 4. The summed E-state index contributed by atoms with van der Waals surface area (Å²) in [4.78, 5) is 36.0. The number of thioether (sulfide) groups is 1. The lowest BCUT2D eigenvalue weighted by Crippen LogP contribution is -2.65. The van der Waals surface area contributed by atoms with Crippen molar-refractivity contribution >= 4 is 40.2 Å². The number of nitrogens with zero attached hydrogens (tertiary/aromatic N) is 2. The van der Waals surface area contributed by atoms with E-state index in [4.69, 9.17) is 9.47 Å². The lowest BCUT2D eigenvalue weighted by molar-refractivity contribution is -0.134. The summed E-state index contributed by atoms with van der Waals surface area (Å²) in [5.74, 6) is 2.91. The first-order valence-corrected chi connectivity index (χ1v) is 16.9. The van der Waals surface area contributed by atoms with E-state index in [1.165, 1.54) is 0 Å². The number of ketones is 2. The molecule has 4 aliphatic rings. The van der Waals surface area contributed by atoms with Gasteiger partial charge in [0, 0.05) is 54.4 Å². The second kappa shape index (κ2) is 11.0. The van der Waals surface area contributed by atoms with Crippen molar-refractivity contribution in [1.29, 1.82) is 0 Å². The zero-order valence-electron chi connectivity index (χ0n) is 26.1. The molecule has 7 heteroatoms. The number of carbonyl (C=O) groups is 2. The van der Waals surface area contributed by atoms with E-state index in [1.54, 1.807) is 14.2 Å². The predicted molar refractivity (Wildman–Crippen MR) is 184 cm³/mol. The molecule has 0 amide bonds. The van der Waals surface area contributed by atoms with Gasteiger partial charge in [0.2, 0.25) is 0 Å². The molecular weight excluding hydrogens is 593 g/mol. The number of rotatable bonds is 6. The maximum atomic E-state index is 15.8. The molecule has 0 saturated carbocycles. The van der Waals surface area contributed by atoms with Gasteiger partial charge < -0.3 is 9.47 Å². The summed E-state index contributed by atoms with van der Waals surface area (Å²) in [5.41, 5.74) is 2.11. The number of Topliss-reactive ketones (excluding diaryl/α,β-unsaturated/α-hetero) is 2. The Hall–Kier alpha value is -4.17. The minimum absolute atomic E-state index is 0.0122. The molecule has 232 valence electrons. The molecule has 46 heavy (non-hydrogen) atoms. The van der Waals surface area contributed by atoms with Crippen LogP contribution in [0.25, 0.3) is 16.8 Å². The van der Waals surface area contributed by atoms with Crippen molar-refractivity contribution in [2.75, 3.05) is 45.5 Å². The third kappa shape index (κ3) is 3.85. The average molecular weight is 629 g/mol. The Morgan fingerprint density at radius 1 is 0.913 bits per heavy atom. The molecule has 4 atom stereocenters. The summed E-state index contributed by atoms with van der Waals surface area (Å²) in [7, 11) is 3.31. The summed E-state index contributed by atoms with van der Waals surface area (Å²) >= 11 is 1.85. The minimum atomic E-state index is -1.16. The molecule has 0 unspecified atom stereocenters. The van der Waals surface area contributed by atoms with Crippen molar-refractivity contribution in [2.24, 2.45) is 5.41 Å². The van der Waals surface area contributed by atoms with Gasteiger partial charge in [-0.1, -0.05) is 66.7 Å². The number of ether oxygens (including phenoxy) is 2. The van der Waals surface area contributed by atoms with E-state index >= 15 is 9.59 Å². The molecule has 0 aromatic heterocycles. The summed E-state index contributed by atoms with van der Waals surface area (Å²) in [6, 6.07) is 28.2. The number of hydrogen-bond acceptors (Lipinski definition) is 7. The number of likely N-dealkylation sites (tertiary alicyclic amines) is 1. The monoisotopic (exact) mass is 628 g/mol. The lowest BCUT2D eigenvalue weighted by Gasteiger charge is -2.52. The molecule has 0 bridgehead atoms. The van der Waals surface area contributed by atoms with Crippen LogP contribution in [-0.2, 0) is 10.3 Å². The molecule has 3 aliphatic heterocycles. The molecule has 1 aliphatic carbocycles. The van der Waals surface area contributed by atoms with E-state index in [2.05, 4.69) is 52.8 Å². The summed E-state index contributed by atoms with van der Waals surface area (Å²) in [5, 5.41) is 2.02. The molecule has 4 aromatic rings. The van der Waals surface area contributed by atoms with Gasteiger partial charge in [0.15, 0.2) is 11.6 Å². The summed E-state index contributed by atoms with van der Waals surface area (Å²) in [6.45, 7) is 5.61. The van der Waals surface area contributed by atoms with E-state index in [-0.39, 0.29) is 23.5 Å². The van der Waals surface area contributed by atoms with E-state index in [1.807, 2.05) is 72.4 Å². The Labute approximate surface area is 273 Å². The van der Waals surface area contributed by atoms with Gasteiger partial charge in [0.25, 0.3) is 0 Å². The Balaban J connectivity index is 1.44. The fourth-order valence-electron chi connectivity index (χ4n) is 9.01. The van der Waals surface area contributed by atoms with Crippen molar-refractivity contribution in [3.63, 3.8) is 0 Å². The highest BCUT2D eigenvalue weighted by molar-refractivity contribution is 7.99. The van der Waals surface area contributed by atoms with Crippen LogP contribution in [0.1, 0.15) is 33.0 Å². The van der Waals surface area contributed by atoms with Gasteiger partial charge in [0.05, 0.1) is 19.6 Å². The van der Waals surface area contributed by atoms with E-state index in [9.17, 15) is 0 Å². The second-order valence-corrected chi connectivity index (χ2v) is 13.7. The Bertz CT molecular complexity index is 1910. The van der Waals surface area contributed by atoms with Crippen LogP contribution in [0.2, 0.25) is 0 Å². The predicted octanol–water partition coefficient (Wildman–Crippen LogP) is 6.56. The van der Waals surface area contributed by atoms with Gasteiger partial charge in [-0.2, -0.15) is 0 Å². The summed E-state index contributed by atoms with van der Waals surface area (Å²) < 4.78 is 10.9. The maximum absolute atomic E-state index is 15.8. The second-order valence-electron chi connectivity index (χ2n) is 12.7. The number of methoxy groups -OCH3 is 2. The van der Waals surface area contributed by atoms with Crippen LogP contribution in [0.15, 0.2) is 103 Å². The normalized spacial score (nSPS) is 28.1. The highest BCUT2D eigenvalue weighted by Crippen LogP contribution is 2.69. The molecule has 2 spiro atoms. The maximum Gasteiger partial charge on any atom is 0.189 e. The van der Waals surface area contributed by atoms with Gasteiger partial charge >= 0.3 is 0 Å². The zero-order valence-corrected chi connectivity index (χ0v) is 26.9. The van der Waals surface area contributed by atoms with Crippen molar-refractivity contribution in [1.82, 2.24) is 9.80 Å². The first-order chi connectivity index (χ1) is 22.5. The molecule has 3 saturated heterocycles. The zero-order chi connectivity index (χ0) is 31.6. The summed E-state index contributed by atoms with van der Waals surface area (Å²) in [6.07, 6.45) is 3.92. The first kappa shape index (κ1) is 29.2. The molecule has 8 rings (SSSR count). The lowest BCUT2D eigenvalue weighted by atomic mass is 9.55. The van der Waals surface area contributed by atoms with Crippen LogP contribution in [-0.4, -0.2) is 72.9 Å². The van der Waals surface area contributed by atoms with Crippen LogP contribution in [0.5, 0.6) is 11.5 Å². The van der Waals surface area contributed by atoms with E-state index in [0.717, 1.165) is 44.7 Å². The topological polar surface area (TPSA) is 59.1 Å². The Morgan fingerprint density at radius 3 is 2.30 bits per heavy atom. The van der Waals surface area contributed by atoms with Crippen molar-refractivity contribution in [2.45, 2.75) is 17.5 Å². The number of piperidine rings is 1. The highest BCUT2D eigenvalue weighted by Gasteiger charge is 2.78. The Morgan fingerprint density at radius 2 is 1.61 bits per heavy atom. The van der Waals surface area contributed by atoms with Crippen LogP contribution in [0.4, 0.5) is 0 Å². The van der Waals surface area contributed by atoms with Crippen molar-refractivity contribution in [3.8, 4) is 11.5 Å². The van der Waals surface area contributed by atoms with Crippen LogP contribution < -0.4 is 9.47 Å². The smallest absolute Gasteiger partial charge is 0.189 e. The van der Waals surface area contributed by atoms with Crippen LogP contribution >= 0.6 is 11.8 Å². The quantitative estimate of drug-likeness (QED) is 0.177. The Kier molecular flexibility index (Phi) is 6.98. The standard InChI is InChI=1S/C39H36N2O4S/c1-4-19-40-21-28(20-25-11-15-29(44-2)16-12-25)36(42)38(23-40)35(27-13-17-30(45-3)18-14-27)33-22-46-24-41(33)39(38)32-10-6-8-26-7-5-9-31(34(26)32)37(39)43/h4-18,20,33,35H,1,19,21-24H2,2-3H3/b28-20+/t33-,35-,38-,39-/m1/s1. The van der Waals surface area contributed by atoms with Crippen LogP contribution in [0.3, 0.4) is 0 Å². The SMILES string of the molecule is C=CCN1C/C(=C\c2ccc(OC)cc2)C(=O)[C@@]2(C1)[C@H](c1ccc(OC)cc1)[C@H]1CSCN1[C@]21C(=O)c2cccc3cccc1c23. The third-order valence-electron chi connectivity index (χ3n) is 10.7. The van der Waals surface area contributed by atoms with Gasteiger partial charge in [0.1, 0.15) is 17.0 Å². The fraction of sp³-hybridized carbons (Fsp3) is 0.282. The van der Waals surface area contributed by atoms with Gasteiger partial charge in [-0.15, -0.1) is 18.3 Å². The number of carbonyl (C=O) groups excluding carboxylic acids is 2. The fourth-order valence-corrected chi connectivity index (χ4v) is 10.3. The minimum Gasteiger partial charge on any atom is -0.497 e. The average Bonchev–Trinajstić information content (AvgIpc) is 3.72. The molecule has 3 heterocycles.